The third kappa shape index (κ3) is 5.07. The molecule has 3 aromatic heterocycles. The Kier molecular flexibility index (Phi) is 6.80. The zero-order chi connectivity index (χ0) is 24.0. The maximum Gasteiger partial charge on any atom is 0.237 e. The maximum atomic E-state index is 5.69. The standard InChI is InChI=1S/C25H23N5O4S/c1-3-32-21-12-5-4-11-20(21)23-26-22(34-29-23)16-35-25-28-27-24(17-8-6-9-18(14-17)31-2)30(25)15-19-10-7-13-33-19/h4-14H,3,15-16H2,1-2H3. The molecule has 9 nitrogen and oxygen atoms in total. The van der Waals surface area contributed by atoms with E-state index in [1.165, 1.54) is 11.8 Å². The van der Waals surface area contributed by atoms with E-state index in [0.717, 1.165) is 28.4 Å². The molecule has 0 amide bonds. The predicted molar refractivity (Wildman–Crippen MR) is 130 cm³/mol. The Labute approximate surface area is 206 Å². The number of benzene rings is 2. The molecule has 0 bridgehead atoms. The van der Waals surface area contributed by atoms with Crippen LogP contribution in [0.5, 0.6) is 11.5 Å². The molecule has 5 rings (SSSR count). The van der Waals surface area contributed by atoms with Crippen LogP contribution in [0.2, 0.25) is 0 Å². The Morgan fingerprint density at radius 2 is 1.94 bits per heavy atom. The van der Waals surface area contributed by atoms with Gasteiger partial charge in [0.05, 0.1) is 37.8 Å². The van der Waals surface area contributed by atoms with Crippen molar-refractivity contribution in [3.63, 3.8) is 0 Å². The number of para-hydroxylation sites is 1. The van der Waals surface area contributed by atoms with E-state index in [0.29, 0.717) is 41.6 Å². The van der Waals surface area contributed by atoms with Crippen LogP contribution < -0.4 is 9.47 Å². The number of methoxy groups -OCH3 is 1. The van der Waals surface area contributed by atoms with Gasteiger partial charge in [-0.15, -0.1) is 10.2 Å². The first-order valence-electron chi connectivity index (χ1n) is 11.0. The lowest BCUT2D eigenvalue weighted by atomic mass is 10.2. The van der Waals surface area contributed by atoms with Crippen LogP contribution in [-0.4, -0.2) is 38.6 Å². The Morgan fingerprint density at radius 1 is 1.03 bits per heavy atom. The van der Waals surface area contributed by atoms with Crippen molar-refractivity contribution >= 4 is 11.8 Å². The van der Waals surface area contributed by atoms with Crippen molar-refractivity contribution in [2.75, 3.05) is 13.7 Å². The van der Waals surface area contributed by atoms with Crippen LogP contribution in [0, 0.1) is 0 Å². The number of nitrogens with zero attached hydrogens (tertiary/aromatic N) is 5. The van der Waals surface area contributed by atoms with Gasteiger partial charge in [0.2, 0.25) is 11.7 Å². The number of thioether (sulfide) groups is 1. The quantitative estimate of drug-likeness (QED) is 0.241. The average Bonchev–Trinajstić information content (AvgIpc) is 3.66. The monoisotopic (exact) mass is 489 g/mol. The highest BCUT2D eigenvalue weighted by molar-refractivity contribution is 7.98. The van der Waals surface area contributed by atoms with E-state index in [9.17, 15) is 0 Å². The van der Waals surface area contributed by atoms with Gasteiger partial charge < -0.3 is 18.4 Å². The molecule has 0 aliphatic rings. The fourth-order valence-electron chi connectivity index (χ4n) is 3.55. The van der Waals surface area contributed by atoms with Gasteiger partial charge in [-0.05, 0) is 43.3 Å². The van der Waals surface area contributed by atoms with Crippen molar-refractivity contribution in [1.82, 2.24) is 24.9 Å². The highest BCUT2D eigenvalue weighted by Gasteiger charge is 2.19. The molecule has 10 heteroatoms. The molecule has 178 valence electrons. The van der Waals surface area contributed by atoms with Crippen molar-refractivity contribution in [3.8, 4) is 34.3 Å². The molecule has 0 saturated heterocycles. The lowest BCUT2D eigenvalue weighted by Gasteiger charge is -2.09. The molecule has 0 fully saturated rings. The normalized spacial score (nSPS) is 11.0. The van der Waals surface area contributed by atoms with Gasteiger partial charge in [-0.25, -0.2) is 0 Å². The van der Waals surface area contributed by atoms with Crippen molar-refractivity contribution in [1.29, 1.82) is 0 Å². The molecule has 0 N–H and O–H groups in total. The van der Waals surface area contributed by atoms with Crippen LogP contribution in [0.3, 0.4) is 0 Å². The van der Waals surface area contributed by atoms with Crippen molar-refractivity contribution < 1.29 is 18.4 Å². The summed E-state index contributed by atoms with van der Waals surface area (Å²) in [7, 11) is 1.64. The van der Waals surface area contributed by atoms with Crippen LogP contribution in [0.15, 0.2) is 81.0 Å². The Balaban J connectivity index is 1.39. The largest absolute Gasteiger partial charge is 0.497 e. The highest BCUT2D eigenvalue weighted by atomic mass is 32.2. The lowest BCUT2D eigenvalue weighted by molar-refractivity contribution is 0.341. The number of hydrogen-bond donors (Lipinski definition) is 0. The van der Waals surface area contributed by atoms with Crippen LogP contribution in [0.25, 0.3) is 22.8 Å². The van der Waals surface area contributed by atoms with Crippen LogP contribution >= 0.6 is 11.8 Å². The summed E-state index contributed by atoms with van der Waals surface area (Å²) < 4.78 is 24.2. The Morgan fingerprint density at radius 3 is 2.77 bits per heavy atom. The van der Waals surface area contributed by atoms with E-state index >= 15 is 0 Å². The first-order valence-corrected chi connectivity index (χ1v) is 12.0. The number of hydrogen-bond acceptors (Lipinski definition) is 9. The molecule has 0 saturated carbocycles. The summed E-state index contributed by atoms with van der Waals surface area (Å²) in [5, 5.41) is 13.7. The minimum absolute atomic E-state index is 0.429. The van der Waals surface area contributed by atoms with Crippen LogP contribution in [0.1, 0.15) is 18.6 Å². The topological polar surface area (TPSA) is 101 Å². The van der Waals surface area contributed by atoms with E-state index < -0.39 is 0 Å². The van der Waals surface area contributed by atoms with Gasteiger partial charge in [0, 0.05) is 5.56 Å². The molecule has 0 atom stereocenters. The Bertz CT molecular complexity index is 1400. The fraction of sp³-hybridized carbons (Fsp3) is 0.200. The van der Waals surface area contributed by atoms with Gasteiger partial charge >= 0.3 is 0 Å². The molecule has 0 unspecified atom stereocenters. The van der Waals surface area contributed by atoms with E-state index in [4.69, 9.17) is 18.4 Å². The second-order valence-corrected chi connectivity index (χ2v) is 8.38. The molecule has 0 aliphatic carbocycles. The van der Waals surface area contributed by atoms with E-state index in [1.807, 2.05) is 72.2 Å². The van der Waals surface area contributed by atoms with Crippen molar-refractivity contribution in [3.05, 3.63) is 78.6 Å². The van der Waals surface area contributed by atoms with E-state index in [2.05, 4.69) is 20.3 Å². The van der Waals surface area contributed by atoms with E-state index in [-0.39, 0.29) is 0 Å². The van der Waals surface area contributed by atoms with Gasteiger partial charge in [-0.2, -0.15) is 4.98 Å². The summed E-state index contributed by atoms with van der Waals surface area (Å²) in [6.07, 6.45) is 1.65. The summed E-state index contributed by atoms with van der Waals surface area (Å²) in [6, 6.07) is 19.1. The molecule has 0 spiro atoms. The number of ether oxygens (including phenoxy) is 2. The van der Waals surface area contributed by atoms with Gasteiger partial charge in [-0.1, -0.05) is 41.2 Å². The Hall–Kier alpha value is -4.05. The molecule has 5 aromatic rings. The smallest absolute Gasteiger partial charge is 0.237 e. The molecule has 2 aromatic carbocycles. The summed E-state index contributed by atoms with van der Waals surface area (Å²) >= 11 is 1.46. The molecule has 0 radical (unpaired) electrons. The minimum atomic E-state index is 0.429. The summed E-state index contributed by atoms with van der Waals surface area (Å²) in [5.74, 6) is 4.36. The lowest BCUT2D eigenvalue weighted by Crippen LogP contribution is -2.03. The second-order valence-electron chi connectivity index (χ2n) is 7.43. The zero-order valence-corrected chi connectivity index (χ0v) is 20.1. The summed E-state index contributed by atoms with van der Waals surface area (Å²) in [6.45, 7) is 2.97. The minimum Gasteiger partial charge on any atom is -0.497 e. The summed E-state index contributed by atoms with van der Waals surface area (Å²) in [4.78, 5) is 4.56. The molecule has 3 heterocycles. The van der Waals surface area contributed by atoms with Gasteiger partial charge in [0.1, 0.15) is 17.3 Å². The van der Waals surface area contributed by atoms with Gasteiger partial charge in [0.15, 0.2) is 11.0 Å². The summed E-state index contributed by atoms with van der Waals surface area (Å²) in [5.41, 5.74) is 1.68. The highest BCUT2D eigenvalue weighted by Crippen LogP contribution is 2.31. The third-order valence-electron chi connectivity index (χ3n) is 5.16. The SMILES string of the molecule is CCOc1ccccc1-c1noc(CSc2nnc(-c3cccc(OC)c3)n2Cc2ccco2)n1. The molecular formula is C25H23N5O4S. The number of aromatic nitrogens is 5. The van der Waals surface area contributed by atoms with Gasteiger partial charge in [0.25, 0.3) is 0 Å². The van der Waals surface area contributed by atoms with Gasteiger partial charge in [-0.3, -0.25) is 4.57 Å². The maximum absolute atomic E-state index is 5.69. The van der Waals surface area contributed by atoms with Crippen molar-refractivity contribution in [2.45, 2.75) is 24.4 Å². The number of rotatable bonds is 10. The first kappa shape index (κ1) is 22.7. The zero-order valence-electron chi connectivity index (χ0n) is 19.2. The number of furan rings is 1. The predicted octanol–water partition coefficient (Wildman–Crippen LogP) is 5.34. The fourth-order valence-corrected chi connectivity index (χ4v) is 4.33. The van der Waals surface area contributed by atoms with E-state index in [1.54, 1.807) is 13.4 Å². The molecular weight excluding hydrogens is 466 g/mol. The first-order chi connectivity index (χ1) is 17.2. The average molecular weight is 490 g/mol. The third-order valence-corrected chi connectivity index (χ3v) is 6.11. The second kappa shape index (κ2) is 10.5. The van der Waals surface area contributed by atoms with Crippen LogP contribution in [-0.2, 0) is 12.3 Å². The molecule has 35 heavy (non-hydrogen) atoms. The van der Waals surface area contributed by atoms with Crippen LogP contribution in [0.4, 0.5) is 0 Å². The molecule has 0 aliphatic heterocycles. The van der Waals surface area contributed by atoms with Crippen molar-refractivity contribution in [2.24, 2.45) is 0 Å².